The molecule has 114 valence electrons. The second-order valence-electron chi connectivity index (χ2n) is 5.86. The summed E-state index contributed by atoms with van der Waals surface area (Å²) in [6, 6.07) is 5.77. The van der Waals surface area contributed by atoms with E-state index in [1.807, 2.05) is 49.0 Å². The molecular weight excluding hydrogens is 266 g/mol. The van der Waals surface area contributed by atoms with E-state index in [0.717, 1.165) is 11.3 Å². The molecule has 5 heteroatoms. The van der Waals surface area contributed by atoms with Gasteiger partial charge in [0.25, 0.3) is 5.91 Å². The lowest BCUT2D eigenvalue weighted by Gasteiger charge is -2.30. The number of likely N-dealkylation sites (tertiary alicyclic amines) is 1. The smallest absolute Gasteiger partial charge is 0.253 e. The van der Waals surface area contributed by atoms with E-state index in [2.05, 4.69) is 0 Å². The molecule has 0 bridgehead atoms. The van der Waals surface area contributed by atoms with Crippen LogP contribution in [0.4, 0.5) is 5.69 Å². The Hall–Kier alpha value is -2.04. The lowest BCUT2D eigenvalue weighted by molar-refractivity contribution is -0.123. The summed E-state index contributed by atoms with van der Waals surface area (Å²) in [6.45, 7) is 3.20. The maximum atomic E-state index is 12.5. The van der Waals surface area contributed by atoms with Gasteiger partial charge >= 0.3 is 0 Å². The summed E-state index contributed by atoms with van der Waals surface area (Å²) in [5.41, 5.74) is 8.21. The number of hydrogen-bond donors (Lipinski definition) is 1. The monoisotopic (exact) mass is 289 g/mol. The minimum Gasteiger partial charge on any atom is -0.377 e. The van der Waals surface area contributed by atoms with Crippen LogP contribution in [-0.2, 0) is 4.79 Å². The highest BCUT2D eigenvalue weighted by atomic mass is 16.2. The molecule has 0 atom stereocenters. The van der Waals surface area contributed by atoms with Gasteiger partial charge in [0.05, 0.1) is 0 Å². The average Bonchev–Trinajstić information content (AvgIpc) is 2.46. The molecule has 1 heterocycles. The molecule has 1 aromatic carbocycles. The van der Waals surface area contributed by atoms with Crippen LogP contribution in [0.3, 0.4) is 0 Å². The lowest BCUT2D eigenvalue weighted by Crippen LogP contribution is -2.41. The van der Waals surface area contributed by atoms with Gasteiger partial charge in [-0.3, -0.25) is 9.59 Å². The highest BCUT2D eigenvalue weighted by molar-refractivity contribution is 5.95. The van der Waals surface area contributed by atoms with Gasteiger partial charge in [-0.2, -0.15) is 0 Å². The fourth-order valence-corrected chi connectivity index (χ4v) is 2.84. The maximum absolute atomic E-state index is 12.5. The van der Waals surface area contributed by atoms with E-state index >= 15 is 0 Å². The van der Waals surface area contributed by atoms with Crippen molar-refractivity contribution in [3.63, 3.8) is 0 Å². The highest BCUT2D eigenvalue weighted by Gasteiger charge is 2.26. The van der Waals surface area contributed by atoms with Crippen LogP contribution in [0, 0.1) is 12.8 Å². The minimum atomic E-state index is -0.256. The van der Waals surface area contributed by atoms with Crippen molar-refractivity contribution in [1.29, 1.82) is 0 Å². The van der Waals surface area contributed by atoms with Gasteiger partial charge in [-0.25, -0.2) is 0 Å². The number of anilines is 1. The summed E-state index contributed by atoms with van der Waals surface area (Å²) in [5.74, 6) is -0.313. The van der Waals surface area contributed by atoms with Crippen LogP contribution in [0.5, 0.6) is 0 Å². The van der Waals surface area contributed by atoms with Gasteiger partial charge in [0, 0.05) is 44.4 Å². The van der Waals surface area contributed by atoms with Crippen molar-refractivity contribution in [1.82, 2.24) is 4.90 Å². The number of aryl methyl sites for hydroxylation is 1. The molecule has 1 aliphatic rings. The number of piperidine rings is 1. The molecule has 0 radical (unpaired) electrons. The summed E-state index contributed by atoms with van der Waals surface area (Å²) in [5, 5.41) is 0. The molecule has 0 aliphatic carbocycles. The second kappa shape index (κ2) is 6.16. The van der Waals surface area contributed by atoms with Crippen molar-refractivity contribution in [3.05, 3.63) is 29.3 Å². The molecule has 2 rings (SSSR count). The Morgan fingerprint density at radius 2 is 1.86 bits per heavy atom. The highest BCUT2D eigenvalue weighted by Crippen LogP contribution is 2.22. The first-order chi connectivity index (χ1) is 9.90. The minimum absolute atomic E-state index is 0.0336. The number of rotatable bonds is 3. The number of primary amides is 1. The summed E-state index contributed by atoms with van der Waals surface area (Å²) in [4.78, 5) is 27.5. The fraction of sp³-hybridized carbons (Fsp3) is 0.500. The Morgan fingerprint density at radius 3 is 2.33 bits per heavy atom. The van der Waals surface area contributed by atoms with Crippen LogP contribution >= 0.6 is 0 Å². The number of nitrogens with two attached hydrogens (primary N) is 1. The van der Waals surface area contributed by atoms with Crippen LogP contribution in [0.15, 0.2) is 18.2 Å². The van der Waals surface area contributed by atoms with Gasteiger partial charge in [-0.05, 0) is 43.5 Å². The lowest BCUT2D eigenvalue weighted by atomic mass is 9.95. The summed E-state index contributed by atoms with van der Waals surface area (Å²) >= 11 is 0. The molecule has 21 heavy (non-hydrogen) atoms. The van der Waals surface area contributed by atoms with Crippen LogP contribution in [0.2, 0.25) is 0 Å². The molecule has 1 saturated heterocycles. The van der Waals surface area contributed by atoms with Crippen molar-refractivity contribution in [2.24, 2.45) is 11.7 Å². The third-order valence-corrected chi connectivity index (χ3v) is 4.11. The Labute approximate surface area is 125 Å². The molecule has 0 saturated carbocycles. The number of benzene rings is 1. The third kappa shape index (κ3) is 3.35. The Kier molecular flexibility index (Phi) is 4.50. The van der Waals surface area contributed by atoms with Crippen LogP contribution < -0.4 is 10.6 Å². The van der Waals surface area contributed by atoms with Crippen LogP contribution in [-0.4, -0.2) is 43.9 Å². The molecule has 2 amide bonds. The number of hydrogen-bond acceptors (Lipinski definition) is 3. The molecule has 0 spiro atoms. The zero-order valence-electron chi connectivity index (χ0n) is 12.9. The third-order valence-electron chi connectivity index (χ3n) is 4.11. The average molecular weight is 289 g/mol. The standard InChI is InChI=1S/C16H23N3O2/c1-11-10-13(4-5-14(11)18(2)3)16(21)19-8-6-12(7-9-19)15(17)20/h4-5,10,12H,6-9H2,1-3H3,(H2,17,20). The first kappa shape index (κ1) is 15.4. The Balaban J connectivity index is 2.07. The largest absolute Gasteiger partial charge is 0.377 e. The molecule has 1 aromatic rings. The zero-order chi connectivity index (χ0) is 15.6. The second-order valence-corrected chi connectivity index (χ2v) is 5.86. The topological polar surface area (TPSA) is 66.6 Å². The normalized spacial score (nSPS) is 15.9. The van der Waals surface area contributed by atoms with Crippen molar-refractivity contribution in [2.75, 3.05) is 32.1 Å². The van der Waals surface area contributed by atoms with Crippen molar-refractivity contribution in [3.8, 4) is 0 Å². The predicted molar refractivity (Wildman–Crippen MR) is 83.3 cm³/mol. The van der Waals surface area contributed by atoms with E-state index in [0.29, 0.717) is 31.5 Å². The fourth-order valence-electron chi connectivity index (χ4n) is 2.84. The van der Waals surface area contributed by atoms with Crippen LogP contribution in [0.1, 0.15) is 28.8 Å². The molecule has 5 nitrogen and oxygen atoms in total. The number of nitrogens with zero attached hydrogens (tertiary/aromatic N) is 2. The number of carbonyl (C=O) groups is 2. The zero-order valence-corrected chi connectivity index (χ0v) is 12.9. The quantitative estimate of drug-likeness (QED) is 0.914. The maximum Gasteiger partial charge on any atom is 0.253 e. The molecule has 1 fully saturated rings. The van der Waals surface area contributed by atoms with Crippen molar-refractivity contribution < 1.29 is 9.59 Å². The SMILES string of the molecule is Cc1cc(C(=O)N2CCC(C(N)=O)CC2)ccc1N(C)C. The van der Waals surface area contributed by atoms with E-state index in [4.69, 9.17) is 5.73 Å². The Bertz CT molecular complexity index is 546. The van der Waals surface area contributed by atoms with Crippen LogP contribution in [0.25, 0.3) is 0 Å². The molecule has 2 N–H and O–H groups in total. The van der Waals surface area contributed by atoms with Gasteiger partial charge < -0.3 is 15.5 Å². The van der Waals surface area contributed by atoms with Crippen molar-refractivity contribution in [2.45, 2.75) is 19.8 Å². The van der Waals surface area contributed by atoms with Crippen molar-refractivity contribution >= 4 is 17.5 Å². The van der Waals surface area contributed by atoms with Gasteiger partial charge in [0.15, 0.2) is 0 Å². The van der Waals surface area contributed by atoms with Gasteiger partial charge in [-0.1, -0.05) is 0 Å². The summed E-state index contributed by atoms with van der Waals surface area (Å²) in [7, 11) is 3.97. The molecular formula is C16H23N3O2. The van der Waals surface area contributed by atoms with E-state index in [9.17, 15) is 9.59 Å². The molecule has 0 unspecified atom stereocenters. The first-order valence-corrected chi connectivity index (χ1v) is 7.26. The molecule has 0 aromatic heterocycles. The van der Waals surface area contributed by atoms with E-state index in [1.54, 1.807) is 0 Å². The predicted octanol–water partition coefficient (Wildman–Crippen LogP) is 1.40. The summed E-state index contributed by atoms with van der Waals surface area (Å²) in [6.07, 6.45) is 1.33. The van der Waals surface area contributed by atoms with Gasteiger partial charge in [-0.15, -0.1) is 0 Å². The van der Waals surface area contributed by atoms with Gasteiger partial charge in [0.2, 0.25) is 5.91 Å². The number of amides is 2. The first-order valence-electron chi connectivity index (χ1n) is 7.26. The van der Waals surface area contributed by atoms with E-state index < -0.39 is 0 Å². The molecule has 1 aliphatic heterocycles. The summed E-state index contributed by atoms with van der Waals surface area (Å²) < 4.78 is 0. The Morgan fingerprint density at radius 1 is 1.24 bits per heavy atom. The van der Waals surface area contributed by atoms with E-state index in [1.165, 1.54) is 0 Å². The number of carbonyl (C=O) groups excluding carboxylic acids is 2. The van der Waals surface area contributed by atoms with Gasteiger partial charge in [0.1, 0.15) is 0 Å². The van der Waals surface area contributed by atoms with E-state index in [-0.39, 0.29) is 17.7 Å².